The van der Waals surface area contributed by atoms with Gasteiger partial charge in [0.25, 0.3) is 0 Å². The highest BCUT2D eigenvalue weighted by atomic mass is 79.9. The van der Waals surface area contributed by atoms with Gasteiger partial charge < -0.3 is 15.8 Å². The Morgan fingerprint density at radius 1 is 1.52 bits per heavy atom. The number of benzene rings is 1. The van der Waals surface area contributed by atoms with Gasteiger partial charge in [-0.25, -0.2) is 0 Å². The number of ether oxygens (including phenoxy) is 1. The molecule has 3 atom stereocenters. The number of nitrogens with one attached hydrogen (secondary N) is 1. The van der Waals surface area contributed by atoms with E-state index in [1.807, 2.05) is 24.3 Å². The molecule has 0 saturated carbocycles. The molecule has 1 aromatic carbocycles. The summed E-state index contributed by atoms with van der Waals surface area (Å²) >= 11 is 3.43. The van der Waals surface area contributed by atoms with E-state index in [2.05, 4.69) is 35.1 Å². The average Bonchev–Trinajstić information content (AvgIpc) is 2.87. The van der Waals surface area contributed by atoms with Crippen molar-refractivity contribution < 1.29 is 9.53 Å². The third-order valence-corrected chi connectivity index (χ3v) is 4.46. The fourth-order valence-electron chi connectivity index (χ4n) is 2.95. The quantitative estimate of drug-likeness (QED) is 0.825. The highest BCUT2D eigenvalue weighted by Crippen LogP contribution is 2.27. The summed E-state index contributed by atoms with van der Waals surface area (Å²) < 4.78 is 6.72. The van der Waals surface area contributed by atoms with Crippen LogP contribution in [0.3, 0.4) is 0 Å². The van der Waals surface area contributed by atoms with E-state index in [1.165, 1.54) is 0 Å². The largest absolute Gasteiger partial charge is 0.378 e. The number of hydrogen-bond acceptors (Lipinski definition) is 3. The minimum absolute atomic E-state index is 0.258. The number of nitrogens with two attached hydrogens (primary N) is 1. The summed E-state index contributed by atoms with van der Waals surface area (Å²) in [6, 6.07) is 7.22. The second-order valence-electron chi connectivity index (χ2n) is 5.93. The maximum atomic E-state index is 11.7. The van der Waals surface area contributed by atoms with Crippen LogP contribution in [0.1, 0.15) is 31.9 Å². The van der Waals surface area contributed by atoms with E-state index in [9.17, 15) is 4.79 Å². The van der Waals surface area contributed by atoms with Crippen molar-refractivity contribution in [2.75, 3.05) is 13.2 Å². The predicted molar refractivity (Wildman–Crippen MR) is 86.8 cm³/mol. The summed E-state index contributed by atoms with van der Waals surface area (Å²) in [6.07, 6.45) is 1.29. The topological polar surface area (TPSA) is 64.3 Å². The molecule has 4 nitrogen and oxygen atoms in total. The number of amides is 1. The molecule has 1 heterocycles. The summed E-state index contributed by atoms with van der Waals surface area (Å²) in [7, 11) is 0. The standard InChI is InChI=1S/C16H23BrN2O2/c1-10(2)15-12(6-7-21-15)9-19-14(16(18)20)11-4-3-5-13(17)8-11/h3-5,8,10,12,14-15,19H,6-7,9H2,1-2H3,(H2,18,20)/t12-,14?,15-/m1/s1. The first-order chi connectivity index (χ1) is 9.99. The van der Waals surface area contributed by atoms with Gasteiger partial charge in [-0.3, -0.25) is 4.79 Å². The van der Waals surface area contributed by atoms with E-state index >= 15 is 0 Å². The first-order valence-electron chi connectivity index (χ1n) is 7.38. The number of halogens is 1. The van der Waals surface area contributed by atoms with Gasteiger partial charge in [0.2, 0.25) is 5.91 Å². The van der Waals surface area contributed by atoms with Crippen LogP contribution in [0.25, 0.3) is 0 Å². The Labute approximate surface area is 134 Å². The molecule has 5 heteroatoms. The molecule has 1 fully saturated rings. The third kappa shape index (κ3) is 4.28. The van der Waals surface area contributed by atoms with Gasteiger partial charge in [0.1, 0.15) is 6.04 Å². The summed E-state index contributed by atoms with van der Waals surface area (Å²) in [5, 5.41) is 3.31. The third-order valence-electron chi connectivity index (χ3n) is 3.97. The minimum Gasteiger partial charge on any atom is -0.378 e. The number of hydrogen-bond donors (Lipinski definition) is 2. The Bertz CT molecular complexity index is 493. The van der Waals surface area contributed by atoms with Crippen molar-refractivity contribution in [1.29, 1.82) is 0 Å². The Morgan fingerprint density at radius 2 is 2.29 bits per heavy atom. The van der Waals surface area contributed by atoms with Crippen molar-refractivity contribution in [1.82, 2.24) is 5.32 Å². The van der Waals surface area contributed by atoms with Gasteiger partial charge in [-0.15, -0.1) is 0 Å². The van der Waals surface area contributed by atoms with Crippen LogP contribution in [0.5, 0.6) is 0 Å². The molecular formula is C16H23BrN2O2. The molecular weight excluding hydrogens is 332 g/mol. The molecule has 1 saturated heterocycles. The Kier molecular flexibility index (Phi) is 5.79. The van der Waals surface area contributed by atoms with Gasteiger partial charge in [0.15, 0.2) is 0 Å². The van der Waals surface area contributed by atoms with Crippen molar-refractivity contribution in [3.05, 3.63) is 34.3 Å². The van der Waals surface area contributed by atoms with Crippen LogP contribution >= 0.6 is 15.9 Å². The van der Waals surface area contributed by atoms with Crippen LogP contribution in [0.2, 0.25) is 0 Å². The highest BCUT2D eigenvalue weighted by Gasteiger charge is 2.31. The van der Waals surface area contributed by atoms with Crippen LogP contribution in [-0.2, 0) is 9.53 Å². The van der Waals surface area contributed by atoms with Gasteiger partial charge in [-0.1, -0.05) is 41.9 Å². The SMILES string of the molecule is CC(C)[C@H]1OCC[C@@H]1CNC(C(N)=O)c1cccc(Br)c1. The molecule has 1 unspecified atom stereocenters. The molecule has 0 spiro atoms. The molecule has 1 amide bonds. The normalized spacial score (nSPS) is 23.4. The maximum absolute atomic E-state index is 11.7. The van der Waals surface area contributed by atoms with Gasteiger partial charge in [-0.2, -0.15) is 0 Å². The average molecular weight is 355 g/mol. The molecule has 1 aromatic rings. The van der Waals surface area contributed by atoms with Crippen LogP contribution in [0, 0.1) is 11.8 Å². The molecule has 0 aliphatic carbocycles. The van der Waals surface area contributed by atoms with Crippen molar-refractivity contribution in [2.24, 2.45) is 17.6 Å². The molecule has 116 valence electrons. The molecule has 1 aliphatic heterocycles. The summed E-state index contributed by atoms with van der Waals surface area (Å²) in [5.74, 6) is 0.560. The van der Waals surface area contributed by atoms with Crippen LogP contribution in [0.4, 0.5) is 0 Å². The van der Waals surface area contributed by atoms with E-state index in [-0.39, 0.29) is 12.0 Å². The Morgan fingerprint density at radius 3 is 2.90 bits per heavy atom. The zero-order valence-corrected chi connectivity index (χ0v) is 14.1. The Hall–Kier alpha value is -0.910. The van der Waals surface area contributed by atoms with Gasteiger partial charge in [0, 0.05) is 23.5 Å². The van der Waals surface area contributed by atoms with Gasteiger partial charge in [0.05, 0.1) is 6.10 Å². The summed E-state index contributed by atoms with van der Waals surface area (Å²) in [5.41, 5.74) is 6.44. The molecule has 0 aromatic heterocycles. The van der Waals surface area contributed by atoms with Gasteiger partial charge in [-0.05, 0) is 30.0 Å². The number of carbonyl (C=O) groups excluding carboxylic acids is 1. The summed E-state index contributed by atoms with van der Waals surface area (Å²) in [6.45, 7) is 5.88. The fourth-order valence-corrected chi connectivity index (χ4v) is 3.37. The molecule has 0 bridgehead atoms. The summed E-state index contributed by atoms with van der Waals surface area (Å²) in [4.78, 5) is 11.7. The maximum Gasteiger partial charge on any atom is 0.239 e. The lowest BCUT2D eigenvalue weighted by Gasteiger charge is -2.24. The minimum atomic E-state index is -0.462. The lowest BCUT2D eigenvalue weighted by Crippen LogP contribution is -2.39. The molecule has 3 N–H and O–H groups in total. The predicted octanol–water partition coefficient (Wildman–Crippen LogP) is 2.63. The van der Waals surface area contributed by atoms with E-state index in [1.54, 1.807) is 0 Å². The van der Waals surface area contributed by atoms with Crippen LogP contribution in [-0.4, -0.2) is 25.2 Å². The Balaban J connectivity index is 2.02. The second-order valence-corrected chi connectivity index (χ2v) is 6.84. The van der Waals surface area contributed by atoms with Crippen LogP contribution in [0.15, 0.2) is 28.7 Å². The number of rotatable bonds is 6. The monoisotopic (exact) mass is 354 g/mol. The lowest BCUT2D eigenvalue weighted by molar-refractivity contribution is -0.120. The van der Waals surface area contributed by atoms with Gasteiger partial charge >= 0.3 is 0 Å². The van der Waals surface area contributed by atoms with E-state index in [4.69, 9.17) is 10.5 Å². The molecule has 21 heavy (non-hydrogen) atoms. The van der Waals surface area contributed by atoms with E-state index in [0.29, 0.717) is 11.8 Å². The van der Waals surface area contributed by atoms with Crippen molar-refractivity contribution >= 4 is 21.8 Å². The molecule has 0 radical (unpaired) electrons. The second kappa shape index (κ2) is 7.38. The first kappa shape index (κ1) is 16.5. The zero-order chi connectivity index (χ0) is 15.4. The number of primary amides is 1. The number of carbonyl (C=O) groups is 1. The smallest absolute Gasteiger partial charge is 0.239 e. The van der Waals surface area contributed by atoms with Crippen molar-refractivity contribution in [2.45, 2.75) is 32.4 Å². The van der Waals surface area contributed by atoms with E-state index < -0.39 is 6.04 Å². The highest BCUT2D eigenvalue weighted by molar-refractivity contribution is 9.10. The first-order valence-corrected chi connectivity index (χ1v) is 8.18. The van der Waals surface area contributed by atoms with E-state index in [0.717, 1.165) is 29.6 Å². The van der Waals surface area contributed by atoms with Crippen LogP contribution < -0.4 is 11.1 Å². The molecule has 2 rings (SSSR count). The molecule has 1 aliphatic rings. The van der Waals surface area contributed by atoms with Crippen molar-refractivity contribution in [3.8, 4) is 0 Å². The van der Waals surface area contributed by atoms with Crippen molar-refractivity contribution in [3.63, 3.8) is 0 Å². The fraction of sp³-hybridized carbons (Fsp3) is 0.562. The zero-order valence-electron chi connectivity index (χ0n) is 12.5. The lowest BCUT2D eigenvalue weighted by atomic mass is 9.92.